The summed E-state index contributed by atoms with van der Waals surface area (Å²) in [5, 5.41) is 3.33. The minimum atomic E-state index is 0.836. The van der Waals surface area contributed by atoms with Crippen LogP contribution in [0.3, 0.4) is 0 Å². The molecule has 0 fully saturated rings. The van der Waals surface area contributed by atoms with Gasteiger partial charge < -0.3 is 10.2 Å². The summed E-state index contributed by atoms with van der Waals surface area (Å²) >= 11 is 10.2. The average molecular weight is 228 g/mol. The van der Waals surface area contributed by atoms with E-state index in [-0.39, 0.29) is 0 Å². The molecule has 1 aromatic carbocycles. The molecular weight excluding hydrogens is 212 g/mol. The van der Waals surface area contributed by atoms with Crippen LogP contribution >= 0.6 is 24.4 Å². The fraction of sp³-hybridized carbons (Fsp3) is 0.600. The molecule has 0 aliphatic heterocycles. The van der Waals surface area contributed by atoms with Crippen LogP contribution in [0.2, 0.25) is 0 Å². The van der Waals surface area contributed by atoms with Gasteiger partial charge in [0.2, 0.25) is 0 Å². The fourth-order valence-electron chi connectivity index (χ4n) is 1.33. The number of hydrogen-bond donors (Lipinski definition) is 1. The maximum atomic E-state index is 5.13. The average Bonchev–Trinajstić information content (AvgIpc) is 2.15. The van der Waals surface area contributed by atoms with Crippen molar-refractivity contribution in [1.82, 2.24) is 4.90 Å². The number of nitrogens with one attached hydrogen (secondary N) is 1. The van der Waals surface area contributed by atoms with Crippen molar-refractivity contribution in [3.63, 3.8) is 0 Å². The maximum Gasteiger partial charge on any atom is 0.0795 e. The topological polar surface area (TPSA) is 15.3 Å². The van der Waals surface area contributed by atoms with Crippen LogP contribution in [0.25, 0.3) is 0 Å². The van der Waals surface area contributed by atoms with E-state index in [4.69, 9.17) is 24.4 Å². The number of anilines is 1. The monoisotopic (exact) mass is 228 g/mol. The van der Waals surface area contributed by atoms with Gasteiger partial charge in [0.05, 0.1) is 14.7 Å². The third kappa shape index (κ3) is 2.59. The smallest absolute Gasteiger partial charge is 0.0795 e. The van der Waals surface area contributed by atoms with E-state index in [1.807, 2.05) is 6.92 Å². The van der Waals surface area contributed by atoms with Crippen LogP contribution < -0.4 is 5.32 Å². The van der Waals surface area contributed by atoms with E-state index in [9.17, 15) is 0 Å². The second-order valence-electron chi connectivity index (χ2n) is 3.74. The Morgan fingerprint density at radius 2 is 1.86 bits per heavy atom. The van der Waals surface area contributed by atoms with E-state index in [1.54, 1.807) is 0 Å². The summed E-state index contributed by atoms with van der Waals surface area (Å²) in [7, 11) is 4.15. The van der Waals surface area contributed by atoms with Gasteiger partial charge in [-0.1, -0.05) is 24.4 Å². The summed E-state index contributed by atoms with van der Waals surface area (Å²) in [4.78, 5) is 2.17. The minimum absolute atomic E-state index is 0.836. The van der Waals surface area contributed by atoms with Crippen LogP contribution in [0.4, 0.5) is 5.69 Å². The third-order valence-electron chi connectivity index (χ3n) is 2.23. The Morgan fingerprint density at radius 1 is 1.21 bits per heavy atom. The summed E-state index contributed by atoms with van der Waals surface area (Å²) in [5.41, 5.74) is 2.23. The van der Waals surface area contributed by atoms with Gasteiger partial charge in [0.15, 0.2) is 0 Å². The zero-order valence-corrected chi connectivity index (χ0v) is 10.5. The predicted octanol–water partition coefficient (Wildman–Crippen LogP) is 2.69. The van der Waals surface area contributed by atoms with Crippen molar-refractivity contribution in [2.45, 2.75) is 13.3 Å². The van der Waals surface area contributed by atoms with Gasteiger partial charge in [0, 0.05) is 6.54 Å². The zero-order valence-electron chi connectivity index (χ0n) is 8.89. The highest BCUT2D eigenvalue weighted by atomic mass is 32.1. The minimum Gasteiger partial charge on any atom is -0.384 e. The lowest BCUT2D eigenvalue weighted by Gasteiger charge is -2.14. The molecule has 0 spiro atoms. The predicted molar refractivity (Wildman–Crippen MR) is 66.9 cm³/mol. The van der Waals surface area contributed by atoms with E-state index in [0.717, 1.165) is 39.8 Å². The van der Waals surface area contributed by atoms with Crippen molar-refractivity contribution in [3.8, 4) is 0 Å². The Labute approximate surface area is 95.6 Å². The van der Waals surface area contributed by atoms with Crippen LogP contribution in [0.15, 0.2) is 0 Å². The molecule has 0 atom stereocenters. The normalized spacial score (nSPS) is 11.1. The number of rotatable bonds is 5. The van der Waals surface area contributed by atoms with Gasteiger partial charge in [-0.25, -0.2) is 0 Å². The van der Waals surface area contributed by atoms with Gasteiger partial charge in [-0.3, -0.25) is 0 Å². The van der Waals surface area contributed by atoms with Crippen molar-refractivity contribution < 1.29 is 0 Å². The summed E-state index contributed by atoms with van der Waals surface area (Å²) in [6.07, 6.45) is 1.12. The maximum absolute atomic E-state index is 5.13. The molecule has 1 rings (SSSR count). The molecule has 0 aliphatic carbocycles. The molecule has 0 aliphatic rings. The molecule has 0 aromatic heterocycles. The van der Waals surface area contributed by atoms with Gasteiger partial charge in [-0.15, -0.1) is 0 Å². The Kier molecular flexibility index (Phi) is 4.16. The Morgan fingerprint density at radius 3 is 2.36 bits per heavy atom. The molecule has 0 saturated carbocycles. The molecule has 0 amide bonds. The highest BCUT2D eigenvalue weighted by Gasteiger charge is 2.08. The molecule has 0 bridgehead atoms. The first-order chi connectivity index (χ1) is 6.54. The van der Waals surface area contributed by atoms with E-state index >= 15 is 0 Å². The SMILES string of the molecule is Cc1c(NCCCN(C)C)c(=S)c1=S. The summed E-state index contributed by atoms with van der Waals surface area (Å²) in [5.74, 6) is 0. The lowest BCUT2D eigenvalue weighted by atomic mass is 10.1. The highest BCUT2D eigenvalue weighted by Crippen LogP contribution is 2.24. The molecule has 4 heteroatoms. The third-order valence-corrected chi connectivity index (χ3v) is 3.28. The summed E-state index contributed by atoms with van der Waals surface area (Å²) in [6, 6.07) is 0. The van der Waals surface area contributed by atoms with E-state index in [1.165, 1.54) is 0 Å². The van der Waals surface area contributed by atoms with Crippen LogP contribution in [0.1, 0.15) is 12.0 Å². The van der Waals surface area contributed by atoms with Crippen LogP contribution in [0.5, 0.6) is 0 Å². The van der Waals surface area contributed by atoms with Crippen LogP contribution in [-0.2, 0) is 0 Å². The van der Waals surface area contributed by atoms with Gasteiger partial charge in [-0.2, -0.15) is 0 Å². The molecule has 0 heterocycles. The molecule has 0 radical (unpaired) electrons. The Balaban J connectivity index is 2.34. The molecular formula is C10H16N2S2. The number of nitrogens with zero attached hydrogens (tertiary/aromatic N) is 1. The molecule has 0 saturated heterocycles. The lowest BCUT2D eigenvalue weighted by molar-refractivity contribution is 0.405. The molecule has 1 aromatic rings. The van der Waals surface area contributed by atoms with Gasteiger partial charge in [0.25, 0.3) is 0 Å². The van der Waals surface area contributed by atoms with Crippen molar-refractivity contribution >= 4 is 30.1 Å². The molecule has 1 N–H and O–H groups in total. The van der Waals surface area contributed by atoms with Crippen molar-refractivity contribution in [2.75, 3.05) is 32.5 Å². The van der Waals surface area contributed by atoms with Crippen LogP contribution in [-0.4, -0.2) is 32.1 Å². The van der Waals surface area contributed by atoms with Crippen molar-refractivity contribution in [3.05, 3.63) is 14.6 Å². The first-order valence-corrected chi connectivity index (χ1v) is 5.54. The van der Waals surface area contributed by atoms with Gasteiger partial charge >= 0.3 is 0 Å². The molecule has 14 heavy (non-hydrogen) atoms. The van der Waals surface area contributed by atoms with E-state index in [0.29, 0.717) is 0 Å². The number of hydrogen-bond acceptors (Lipinski definition) is 4. The second kappa shape index (κ2) is 4.96. The summed E-state index contributed by atoms with van der Waals surface area (Å²) < 4.78 is 1.69. The Bertz CT molecular complexity index is 375. The van der Waals surface area contributed by atoms with Crippen LogP contribution in [0, 0.1) is 15.9 Å². The van der Waals surface area contributed by atoms with Crippen molar-refractivity contribution in [2.24, 2.45) is 0 Å². The van der Waals surface area contributed by atoms with Gasteiger partial charge in [0.1, 0.15) is 0 Å². The van der Waals surface area contributed by atoms with E-state index < -0.39 is 0 Å². The Hall–Kier alpha value is -0.320. The second-order valence-corrected chi connectivity index (χ2v) is 4.56. The highest BCUT2D eigenvalue weighted by molar-refractivity contribution is 7.74. The van der Waals surface area contributed by atoms with Crippen molar-refractivity contribution in [1.29, 1.82) is 0 Å². The van der Waals surface area contributed by atoms with E-state index in [2.05, 4.69) is 24.3 Å². The molecule has 2 nitrogen and oxygen atoms in total. The summed E-state index contributed by atoms with van der Waals surface area (Å²) in [6.45, 7) is 4.08. The standard InChI is InChI=1S/C10H16N2S2/c1-7-8(10(14)9(7)13)11-5-4-6-12(2)3/h11H,4-6H2,1-3H3. The first kappa shape index (κ1) is 11.8. The quantitative estimate of drug-likeness (QED) is 0.615. The largest absolute Gasteiger partial charge is 0.384 e. The lowest BCUT2D eigenvalue weighted by Crippen LogP contribution is -2.17. The zero-order chi connectivity index (χ0) is 10.7. The first-order valence-electron chi connectivity index (χ1n) is 4.72. The fourth-order valence-corrected chi connectivity index (χ4v) is 1.91. The molecule has 0 unspecified atom stereocenters. The van der Waals surface area contributed by atoms with Gasteiger partial charge in [-0.05, 0) is 39.5 Å². The molecule has 78 valence electrons.